The molecule has 4 aromatic rings. The van der Waals surface area contributed by atoms with Crippen molar-refractivity contribution in [3.8, 4) is 21.8 Å². The number of H-pyrrole nitrogens is 1. The molecule has 0 fully saturated rings. The van der Waals surface area contributed by atoms with Gasteiger partial charge in [0.05, 0.1) is 5.69 Å². The predicted molar refractivity (Wildman–Crippen MR) is 84.8 cm³/mol. The van der Waals surface area contributed by atoms with E-state index in [0.717, 1.165) is 32.7 Å². The Kier molecular flexibility index (Phi) is 2.82. The van der Waals surface area contributed by atoms with Crippen LogP contribution in [0.15, 0.2) is 60.1 Å². The minimum absolute atomic E-state index is 0.239. The third-order valence-electron chi connectivity index (χ3n) is 3.44. The molecule has 0 unspecified atom stereocenters. The quantitative estimate of drug-likeness (QED) is 0.547. The number of aromatic nitrogens is 2. The van der Waals surface area contributed by atoms with E-state index in [1.54, 1.807) is 6.07 Å². The van der Waals surface area contributed by atoms with Crippen LogP contribution in [0.4, 0.5) is 4.39 Å². The maximum absolute atomic E-state index is 13.3. The van der Waals surface area contributed by atoms with Crippen molar-refractivity contribution >= 4 is 22.2 Å². The molecule has 0 aliphatic carbocycles. The zero-order valence-electron chi connectivity index (χ0n) is 11.0. The van der Waals surface area contributed by atoms with Gasteiger partial charge in [-0.05, 0) is 18.2 Å². The van der Waals surface area contributed by atoms with Gasteiger partial charge in [-0.1, -0.05) is 30.3 Å². The Balaban J connectivity index is 1.81. The fourth-order valence-corrected chi connectivity index (χ4v) is 3.25. The number of hydrogen-bond donors (Lipinski definition) is 1. The van der Waals surface area contributed by atoms with E-state index in [2.05, 4.69) is 16.0 Å². The lowest BCUT2D eigenvalue weighted by Crippen LogP contribution is -1.80. The molecule has 0 amide bonds. The third kappa shape index (κ3) is 2.14. The molecule has 2 aromatic carbocycles. The number of nitrogens with one attached hydrogen (secondary N) is 1. The van der Waals surface area contributed by atoms with Crippen LogP contribution in [0.25, 0.3) is 32.7 Å². The van der Waals surface area contributed by atoms with Crippen LogP contribution in [0.5, 0.6) is 0 Å². The number of aromatic amines is 1. The molecule has 2 aromatic heterocycles. The molecule has 1 N–H and O–H groups in total. The highest BCUT2D eigenvalue weighted by Crippen LogP contribution is 2.32. The Morgan fingerprint density at radius 2 is 1.95 bits per heavy atom. The standard InChI is InChI=1S/C17H11FN2S/c18-12-5-3-4-11(8-12)17-20-16(10-21-17)14-9-19-15-7-2-1-6-13(14)15/h1-10,19H. The molecular formula is C17H11FN2S. The highest BCUT2D eigenvalue weighted by Gasteiger charge is 2.11. The summed E-state index contributed by atoms with van der Waals surface area (Å²) in [5.41, 5.74) is 3.89. The summed E-state index contributed by atoms with van der Waals surface area (Å²) < 4.78 is 13.3. The van der Waals surface area contributed by atoms with E-state index in [1.807, 2.05) is 35.8 Å². The van der Waals surface area contributed by atoms with Crippen LogP contribution in [0, 0.1) is 5.82 Å². The maximum atomic E-state index is 13.3. The summed E-state index contributed by atoms with van der Waals surface area (Å²) >= 11 is 1.53. The lowest BCUT2D eigenvalue weighted by Gasteiger charge is -1.96. The van der Waals surface area contributed by atoms with Crippen LogP contribution in [0.2, 0.25) is 0 Å². The van der Waals surface area contributed by atoms with Crippen molar-refractivity contribution in [3.05, 3.63) is 65.9 Å². The summed E-state index contributed by atoms with van der Waals surface area (Å²) in [5.74, 6) is -0.239. The van der Waals surface area contributed by atoms with E-state index < -0.39 is 0 Å². The number of benzene rings is 2. The average Bonchev–Trinajstić information content (AvgIpc) is 3.14. The number of thiazole rings is 1. The molecule has 0 bridgehead atoms. The van der Waals surface area contributed by atoms with E-state index >= 15 is 0 Å². The highest BCUT2D eigenvalue weighted by atomic mass is 32.1. The summed E-state index contributed by atoms with van der Waals surface area (Å²) in [6.07, 6.45) is 1.97. The third-order valence-corrected chi connectivity index (χ3v) is 4.33. The minimum atomic E-state index is -0.239. The van der Waals surface area contributed by atoms with E-state index in [1.165, 1.54) is 23.5 Å². The Hall–Kier alpha value is -2.46. The summed E-state index contributed by atoms with van der Waals surface area (Å²) in [7, 11) is 0. The van der Waals surface area contributed by atoms with Crippen molar-refractivity contribution in [1.29, 1.82) is 0 Å². The van der Waals surface area contributed by atoms with Crippen LogP contribution in [-0.4, -0.2) is 9.97 Å². The van der Waals surface area contributed by atoms with Crippen LogP contribution < -0.4 is 0 Å². The van der Waals surface area contributed by atoms with Gasteiger partial charge in [-0.2, -0.15) is 0 Å². The number of para-hydroxylation sites is 1. The topological polar surface area (TPSA) is 28.7 Å². The number of halogens is 1. The van der Waals surface area contributed by atoms with Gasteiger partial charge in [0, 0.05) is 33.6 Å². The molecule has 0 atom stereocenters. The van der Waals surface area contributed by atoms with E-state index in [4.69, 9.17) is 0 Å². The lowest BCUT2D eigenvalue weighted by atomic mass is 10.1. The van der Waals surface area contributed by atoms with Gasteiger partial charge in [-0.25, -0.2) is 9.37 Å². The Morgan fingerprint density at radius 3 is 2.86 bits per heavy atom. The first-order valence-electron chi connectivity index (χ1n) is 6.59. The molecule has 0 saturated heterocycles. The fourth-order valence-electron chi connectivity index (χ4n) is 2.43. The van der Waals surface area contributed by atoms with Gasteiger partial charge in [0.2, 0.25) is 0 Å². The first kappa shape index (κ1) is 12.3. The molecule has 4 rings (SSSR count). The van der Waals surface area contributed by atoms with E-state index in [-0.39, 0.29) is 5.82 Å². The van der Waals surface area contributed by atoms with E-state index in [9.17, 15) is 4.39 Å². The monoisotopic (exact) mass is 294 g/mol. The van der Waals surface area contributed by atoms with Gasteiger partial charge in [0.25, 0.3) is 0 Å². The summed E-state index contributed by atoms with van der Waals surface area (Å²) in [5, 5.41) is 3.99. The number of hydrogen-bond acceptors (Lipinski definition) is 2. The minimum Gasteiger partial charge on any atom is -0.360 e. The molecule has 4 heteroatoms. The Bertz CT molecular complexity index is 923. The Morgan fingerprint density at radius 1 is 1.05 bits per heavy atom. The van der Waals surface area contributed by atoms with Crippen molar-refractivity contribution in [1.82, 2.24) is 9.97 Å². The molecule has 21 heavy (non-hydrogen) atoms. The second kappa shape index (κ2) is 4.82. The smallest absolute Gasteiger partial charge is 0.124 e. The van der Waals surface area contributed by atoms with Gasteiger partial charge in [-0.15, -0.1) is 11.3 Å². The van der Waals surface area contributed by atoms with Gasteiger partial charge in [0.1, 0.15) is 10.8 Å². The molecular weight excluding hydrogens is 283 g/mol. The van der Waals surface area contributed by atoms with Crippen LogP contribution >= 0.6 is 11.3 Å². The molecule has 0 aliphatic heterocycles. The lowest BCUT2D eigenvalue weighted by molar-refractivity contribution is 0.628. The second-order valence-corrected chi connectivity index (χ2v) is 5.65. The molecule has 0 aliphatic rings. The zero-order valence-corrected chi connectivity index (χ0v) is 11.8. The first-order chi connectivity index (χ1) is 10.3. The molecule has 0 saturated carbocycles. The summed E-state index contributed by atoms with van der Waals surface area (Å²) in [4.78, 5) is 7.90. The van der Waals surface area contributed by atoms with Crippen molar-refractivity contribution in [2.24, 2.45) is 0 Å². The van der Waals surface area contributed by atoms with Gasteiger partial charge in [0.15, 0.2) is 0 Å². The number of rotatable bonds is 2. The second-order valence-electron chi connectivity index (χ2n) is 4.80. The Labute approximate surface area is 124 Å². The molecule has 2 heterocycles. The molecule has 2 nitrogen and oxygen atoms in total. The highest BCUT2D eigenvalue weighted by molar-refractivity contribution is 7.13. The van der Waals surface area contributed by atoms with E-state index in [0.29, 0.717) is 0 Å². The maximum Gasteiger partial charge on any atom is 0.124 e. The van der Waals surface area contributed by atoms with Crippen molar-refractivity contribution in [3.63, 3.8) is 0 Å². The SMILES string of the molecule is Fc1cccc(-c2nc(-c3c[nH]c4ccccc34)cs2)c1. The van der Waals surface area contributed by atoms with Crippen LogP contribution in [0.1, 0.15) is 0 Å². The molecule has 0 radical (unpaired) electrons. The van der Waals surface area contributed by atoms with Gasteiger partial charge >= 0.3 is 0 Å². The number of nitrogens with zero attached hydrogens (tertiary/aromatic N) is 1. The van der Waals surface area contributed by atoms with Gasteiger partial charge in [-0.3, -0.25) is 0 Å². The van der Waals surface area contributed by atoms with Crippen molar-refractivity contribution in [2.75, 3.05) is 0 Å². The average molecular weight is 294 g/mol. The first-order valence-corrected chi connectivity index (χ1v) is 7.47. The van der Waals surface area contributed by atoms with Crippen LogP contribution in [0.3, 0.4) is 0 Å². The fraction of sp³-hybridized carbons (Fsp3) is 0. The van der Waals surface area contributed by atoms with Crippen LogP contribution in [-0.2, 0) is 0 Å². The normalized spacial score (nSPS) is 11.1. The van der Waals surface area contributed by atoms with Crippen molar-refractivity contribution in [2.45, 2.75) is 0 Å². The molecule has 0 spiro atoms. The van der Waals surface area contributed by atoms with Gasteiger partial charge < -0.3 is 4.98 Å². The summed E-state index contributed by atoms with van der Waals surface area (Å²) in [6.45, 7) is 0. The zero-order chi connectivity index (χ0) is 14.2. The largest absolute Gasteiger partial charge is 0.360 e. The van der Waals surface area contributed by atoms with Crippen molar-refractivity contribution < 1.29 is 4.39 Å². The molecule has 102 valence electrons. The predicted octanol–water partition coefficient (Wildman–Crippen LogP) is 5.10. The summed E-state index contributed by atoms with van der Waals surface area (Å²) in [6, 6.07) is 14.7. The number of fused-ring (bicyclic) bond motifs is 1.